The van der Waals surface area contributed by atoms with Crippen molar-refractivity contribution in [1.29, 1.82) is 0 Å². The van der Waals surface area contributed by atoms with Gasteiger partial charge in [-0.2, -0.15) is 5.10 Å². The summed E-state index contributed by atoms with van der Waals surface area (Å²) in [5.74, 6) is 0.829. The minimum Gasteiger partial charge on any atom is -0.468 e. The van der Waals surface area contributed by atoms with Crippen LogP contribution >= 0.6 is 0 Å². The second-order valence-corrected chi connectivity index (χ2v) is 5.48. The zero-order valence-corrected chi connectivity index (χ0v) is 13.2. The molecule has 2 rings (SSSR count). The molecule has 0 spiro atoms. The van der Waals surface area contributed by atoms with Crippen LogP contribution in [-0.4, -0.2) is 47.4 Å². The maximum Gasteiger partial charge on any atom is 0.315 e. The average Bonchev–Trinajstić information content (AvgIpc) is 3.11. The van der Waals surface area contributed by atoms with Crippen LogP contribution in [0.3, 0.4) is 0 Å². The lowest BCUT2D eigenvalue weighted by atomic mass is 10.2. The Morgan fingerprint density at radius 3 is 2.86 bits per heavy atom. The smallest absolute Gasteiger partial charge is 0.315 e. The second-order valence-electron chi connectivity index (χ2n) is 5.48. The first-order valence-electron chi connectivity index (χ1n) is 7.28. The fraction of sp³-hybridized carbons (Fsp3) is 0.467. The van der Waals surface area contributed by atoms with Gasteiger partial charge < -0.3 is 15.1 Å². The zero-order valence-electron chi connectivity index (χ0n) is 13.2. The fourth-order valence-corrected chi connectivity index (χ4v) is 2.22. The Morgan fingerprint density at radius 1 is 1.45 bits per heavy atom. The van der Waals surface area contributed by atoms with E-state index in [-0.39, 0.29) is 18.1 Å². The second kappa shape index (κ2) is 7.65. The summed E-state index contributed by atoms with van der Waals surface area (Å²) in [5, 5.41) is 9.90. The molecule has 7 heteroatoms. The molecule has 2 aromatic heterocycles. The van der Waals surface area contributed by atoms with E-state index >= 15 is 0 Å². The molecule has 0 radical (unpaired) electrons. The van der Waals surface area contributed by atoms with Crippen molar-refractivity contribution in [1.82, 2.24) is 25.3 Å². The van der Waals surface area contributed by atoms with E-state index in [2.05, 4.69) is 15.7 Å². The molecule has 0 saturated carbocycles. The highest BCUT2D eigenvalue weighted by Crippen LogP contribution is 2.17. The minimum atomic E-state index is -0.196. The van der Waals surface area contributed by atoms with Gasteiger partial charge >= 0.3 is 6.03 Å². The quantitative estimate of drug-likeness (QED) is 0.812. The zero-order chi connectivity index (χ0) is 15.9. The number of likely N-dealkylation sites (N-methyl/N-ethyl adjacent to an activating group) is 1. The Morgan fingerprint density at radius 2 is 2.27 bits per heavy atom. The average molecular weight is 305 g/mol. The highest BCUT2D eigenvalue weighted by molar-refractivity contribution is 5.74. The van der Waals surface area contributed by atoms with Gasteiger partial charge in [0, 0.05) is 25.0 Å². The van der Waals surface area contributed by atoms with Crippen LogP contribution in [0.15, 0.2) is 41.3 Å². The van der Waals surface area contributed by atoms with Crippen LogP contribution in [0.25, 0.3) is 0 Å². The van der Waals surface area contributed by atoms with Crippen LogP contribution in [0.5, 0.6) is 0 Å². The fourth-order valence-electron chi connectivity index (χ4n) is 2.22. The monoisotopic (exact) mass is 305 g/mol. The van der Waals surface area contributed by atoms with E-state index in [1.165, 1.54) is 0 Å². The SMILES string of the molecule is C[C@@H](Cn1cccn1)NC(=O)NC[C@@H](c1ccco1)N(C)C. The Bertz CT molecular complexity index is 551. The number of nitrogens with zero attached hydrogens (tertiary/aromatic N) is 3. The van der Waals surface area contributed by atoms with E-state index in [0.29, 0.717) is 13.1 Å². The van der Waals surface area contributed by atoms with Crippen LogP contribution in [0.1, 0.15) is 18.7 Å². The molecule has 0 fully saturated rings. The normalized spacial score (nSPS) is 13.8. The predicted octanol–water partition coefficient (Wildman–Crippen LogP) is 1.47. The number of hydrogen-bond donors (Lipinski definition) is 2. The number of nitrogens with one attached hydrogen (secondary N) is 2. The molecule has 2 amide bonds. The lowest BCUT2D eigenvalue weighted by Gasteiger charge is -2.23. The highest BCUT2D eigenvalue weighted by atomic mass is 16.3. The number of furan rings is 1. The molecule has 2 heterocycles. The number of rotatable bonds is 7. The number of carbonyl (C=O) groups excluding carboxylic acids is 1. The number of amides is 2. The molecular formula is C15H23N5O2. The summed E-state index contributed by atoms with van der Waals surface area (Å²) in [6, 6.07) is 5.40. The Hall–Kier alpha value is -2.28. The van der Waals surface area contributed by atoms with Gasteiger partial charge in [-0.1, -0.05) is 0 Å². The summed E-state index contributed by atoms with van der Waals surface area (Å²) < 4.78 is 7.20. The summed E-state index contributed by atoms with van der Waals surface area (Å²) in [4.78, 5) is 14.0. The minimum absolute atomic E-state index is 0.00201. The first-order valence-corrected chi connectivity index (χ1v) is 7.28. The van der Waals surface area contributed by atoms with Gasteiger partial charge in [0.25, 0.3) is 0 Å². The van der Waals surface area contributed by atoms with E-state index in [1.807, 2.05) is 50.3 Å². The topological polar surface area (TPSA) is 75.3 Å². The summed E-state index contributed by atoms with van der Waals surface area (Å²) in [6.45, 7) is 3.05. The lowest BCUT2D eigenvalue weighted by molar-refractivity contribution is 0.222. The van der Waals surface area contributed by atoms with Crippen molar-refractivity contribution >= 4 is 6.03 Å². The van der Waals surface area contributed by atoms with Crippen LogP contribution < -0.4 is 10.6 Å². The molecule has 0 unspecified atom stereocenters. The summed E-state index contributed by atoms with van der Waals surface area (Å²) in [6.07, 6.45) is 5.23. The molecule has 7 nitrogen and oxygen atoms in total. The molecule has 2 aromatic rings. The number of aromatic nitrogens is 2. The number of hydrogen-bond acceptors (Lipinski definition) is 4. The molecule has 0 bridgehead atoms. The van der Waals surface area contributed by atoms with Crippen molar-refractivity contribution in [2.45, 2.75) is 25.6 Å². The first-order chi connectivity index (χ1) is 10.6. The number of urea groups is 1. The van der Waals surface area contributed by atoms with Crippen LogP contribution in [0.2, 0.25) is 0 Å². The summed E-state index contributed by atoms with van der Waals surface area (Å²) >= 11 is 0. The standard InChI is InChI=1S/C15H23N5O2/c1-12(11-20-8-5-7-17-20)18-15(21)16-10-13(19(2)3)14-6-4-9-22-14/h4-9,12-13H,10-11H2,1-3H3,(H2,16,18,21)/t12-,13-/m0/s1. The molecule has 0 aromatic carbocycles. The van der Waals surface area contributed by atoms with Gasteiger partial charge in [0.15, 0.2) is 0 Å². The van der Waals surface area contributed by atoms with Crippen LogP contribution in [0, 0.1) is 0 Å². The van der Waals surface area contributed by atoms with Gasteiger partial charge in [0.05, 0.1) is 18.8 Å². The van der Waals surface area contributed by atoms with E-state index in [0.717, 1.165) is 5.76 Å². The van der Waals surface area contributed by atoms with Gasteiger partial charge in [-0.3, -0.25) is 9.58 Å². The third-order valence-electron chi connectivity index (χ3n) is 3.35. The summed E-state index contributed by atoms with van der Waals surface area (Å²) in [7, 11) is 3.90. The summed E-state index contributed by atoms with van der Waals surface area (Å²) in [5.41, 5.74) is 0. The maximum atomic E-state index is 12.0. The van der Waals surface area contributed by atoms with Gasteiger partial charge in [-0.25, -0.2) is 4.79 Å². The largest absolute Gasteiger partial charge is 0.468 e. The van der Waals surface area contributed by atoms with E-state index in [9.17, 15) is 4.79 Å². The van der Waals surface area contributed by atoms with Crippen molar-refractivity contribution in [3.05, 3.63) is 42.6 Å². The first kappa shape index (κ1) is 16.1. The Labute approximate surface area is 130 Å². The molecule has 0 saturated heterocycles. The lowest BCUT2D eigenvalue weighted by Crippen LogP contribution is -2.45. The van der Waals surface area contributed by atoms with Crippen molar-refractivity contribution in [2.75, 3.05) is 20.6 Å². The van der Waals surface area contributed by atoms with Crippen molar-refractivity contribution in [3.63, 3.8) is 0 Å². The van der Waals surface area contributed by atoms with Gasteiger partial charge in [-0.05, 0) is 39.2 Å². The van der Waals surface area contributed by atoms with Gasteiger partial charge in [0.1, 0.15) is 5.76 Å². The predicted molar refractivity (Wildman–Crippen MR) is 83.4 cm³/mol. The molecule has 0 aliphatic carbocycles. The van der Waals surface area contributed by atoms with Crippen LogP contribution in [-0.2, 0) is 6.54 Å². The van der Waals surface area contributed by atoms with E-state index in [4.69, 9.17) is 4.42 Å². The third kappa shape index (κ3) is 4.63. The molecule has 2 atom stereocenters. The van der Waals surface area contributed by atoms with Crippen LogP contribution in [0.4, 0.5) is 4.79 Å². The van der Waals surface area contributed by atoms with Gasteiger partial charge in [0.2, 0.25) is 0 Å². The van der Waals surface area contributed by atoms with E-state index in [1.54, 1.807) is 17.1 Å². The molecule has 120 valence electrons. The molecule has 22 heavy (non-hydrogen) atoms. The number of carbonyl (C=O) groups is 1. The molecule has 0 aliphatic rings. The van der Waals surface area contributed by atoms with Crippen molar-refractivity contribution in [3.8, 4) is 0 Å². The molecule has 0 aliphatic heterocycles. The molecule has 2 N–H and O–H groups in total. The van der Waals surface area contributed by atoms with Crippen molar-refractivity contribution < 1.29 is 9.21 Å². The Kier molecular flexibility index (Phi) is 5.60. The molecular weight excluding hydrogens is 282 g/mol. The highest BCUT2D eigenvalue weighted by Gasteiger charge is 2.18. The van der Waals surface area contributed by atoms with Crippen molar-refractivity contribution in [2.24, 2.45) is 0 Å². The van der Waals surface area contributed by atoms with Gasteiger partial charge in [-0.15, -0.1) is 0 Å². The maximum absolute atomic E-state index is 12.0. The third-order valence-corrected chi connectivity index (χ3v) is 3.35. The Balaban J connectivity index is 1.78. The van der Waals surface area contributed by atoms with E-state index < -0.39 is 0 Å².